The second-order valence-corrected chi connectivity index (χ2v) is 9.44. The zero-order chi connectivity index (χ0) is 22.8. The minimum Gasteiger partial charge on any atom is -0.497 e. The van der Waals surface area contributed by atoms with E-state index in [0.717, 1.165) is 59.2 Å². The number of amidine groups is 1. The zero-order valence-electron chi connectivity index (χ0n) is 19.0. The van der Waals surface area contributed by atoms with Crippen LogP contribution >= 0.6 is 11.8 Å². The van der Waals surface area contributed by atoms with E-state index in [1.807, 2.05) is 29.2 Å². The van der Waals surface area contributed by atoms with Gasteiger partial charge in [0, 0.05) is 0 Å². The third-order valence-corrected chi connectivity index (χ3v) is 7.42. The standard InChI is InChI=1S/C27H28N2O3S/c1-31-21-12-8-18(9-13-21)16-20-6-4-3-5-7-23-25(20)28-27-29(24(30)17-33-27)26(23)19-10-14-22(32-2)15-11-19/h8-16,26H,3-7,17H2,1-2H3/b20-16+/t26-/m0/s1. The van der Waals surface area contributed by atoms with Crippen molar-refractivity contribution in [1.29, 1.82) is 0 Å². The van der Waals surface area contributed by atoms with Gasteiger partial charge in [-0.1, -0.05) is 42.4 Å². The number of benzene rings is 2. The monoisotopic (exact) mass is 460 g/mol. The minimum atomic E-state index is -0.113. The molecule has 2 aromatic carbocycles. The fourth-order valence-corrected chi connectivity index (χ4v) is 5.70. The summed E-state index contributed by atoms with van der Waals surface area (Å²) in [7, 11) is 3.36. The Morgan fingerprint density at radius 1 is 0.939 bits per heavy atom. The first kappa shape index (κ1) is 21.8. The number of aliphatic imine (C=N–C) groups is 1. The predicted molar refractivity (Wildman–Crippen MR) is 134 cm³/mol. The van der Waals surface area contributed by atoms with E-state index in [1.54, 1.807) is 26.0 Å². The molecule has 0 N–H and O–H groups in total. The van der Waals surface area contributed by atoms with Crippen molar-refractivity contribution in [1.82, 2.24) is 4.90 Å². The molecule has 170 valence electrons. The summed E-state index contributed by atoms with van der Waals surface area (Å²) in [6.45, 7) is 0. The molecular weight excluding hydrogens is 432 g/mol. The number of fused-ring (bicyclic) bond motifs is 1. The van der Waals surface area contributed by atoms with Crippen LogP contribution in [0.2, 0.25) is 0 Å². The van der Waals surface area contributed by atoms with Crippen LogP contribution in [-0.4, -0.2) is 35.9 Å². The number of carbonyl (C=O) groups excluding carboxylic acids is 1. The van der Waals surface area contributed by atoms with Crippen molar-refractivity contribution >= 4 is 28.9 Å². The van der Waals surface area contributed by atoms with Gasteiger partial charge in [0.1, 0.15) is 11.5 Å². The molecule has 1 atom stereocenters. The Bertz CT molecular complexity index is 1130. The number of thioether (sulfide) groups is 1. The highest BCUT2D eigenvalue weighted by atomic mass is 32.2. The molecule has 5 nitrogen and oxygen atoms in total. The van der Waals surface area contributed by atoms with E-state index in [-0.39, 0.29) is 11.9 Å². The Kier molecular flexibility index (Phi) is 6.27. The molecule has 3 aliphatic rings. The second kappa shape index (κ2) is 9.48. The molecule has 0 bridgehead atoms. The third kappa shape index (κ3) is 4.32. The zero-order valence-corrected chi connectivity index (χ0v) is 19.9. The van der Waals surface area contributed by atoms with Gasteiger partial charge in [-0.15, -0.1) is 0 Å². The number of methoxy groups -OCH3 is 2. The fraction of sp³-hybridized carbons (Fsp3) is 0.333. The molecule has 1 amide bonds. The molecule has 0 aromatic heterocycles. The van der Waals surface area contributed by atoms with Crippen LogP contribution in [0.25, 0.3) is 6.08 Å². The van der Waals surface area contributed by atoms with Gasteiger partial charge >= 0.3 is 0 Å². The summed E-state index contributed by atoms with van der Waals surface area (Å²) in [5.74, 6) is 2.25. The summed E-state index contributed by atoms with van der Waals surface area (Å²) in [6, 6.07) is 16.2. The number of ether oxygens (including phenoxy) is 2. The van der Waals surface area contributed by atoms with E-state index in [1.165, 1.54) is 17.6 Å². The molecule has 0 radical (unpaired) electrons. The molecule has 33 heavy (non-hydrogen) atoms. The maximum Gasteiger partial charge on any atom is 0.239 e. The lowest BCUT2D eigenvalue weighted by Gasteiger charge is -2.36. The van der Waals surface area contributed by atoms with Crippen LogP contribution in [0.15, 0.2) is 70.4 Å². The van der Waals surface area contributed by atoms with Gasteiger partial charge in [0.2, 0.25) is 5.91 Å². The molecule has 0 spiro atoms. The first-order valence-electron chi connectivity index (χ1n) is 11.4. The van der Waals surface area contributed by atoms with Crippen LogP contribution < -0.4 is 9.47 Å². The van der Waals surface area contributed by atoms with Crippen molar-refractivity contribution in [2.45, 2.75) is 38.1 Å². The molecule has 6 heteroatoms. The number of amides is 1. The largest absolute Gasteiger partial charge is 0.497 e. The number of carbonyl (C=O) groups is 1. The highest BCUT2D eigenvalue weighted by Crippen LogP contribution is 2.46. The lowest BCUT2D eigenvalue weighted by atomic mass is 9.85. The number of hydrogen-bond acceptors (Lipinski definition) is 5. The molecule has 5 rings (SSSR count). The molecule has 0 saturated carbocycles. The van der Waals surface area contributed by atoms with Gasteiger partial charge in [-0.25, -0.2) is 4.99 Å². The van der Waals surface area contributed by atoms with E-state index < -0.39 is 0 Å². The second-order valence-electron chi connectivity index (χ2n) is 8.50. The lowest BCUT2D eigenvalue weighted by molar-refractivity contribution is -0.125. The van der Waals surface area contributed by atoms with Gasteiger partial charge in [-0.2, -0.15) is 0 Å². The summed E-state index contributed by atoms with van der Waals surface area (Å²) >= 11 is 1.55. The van der Waals surface area contributed by atoms with E-state index in [0.29, 0.717) is 5.75 Å². The summed E-state index contributed by atoms with van der Waals surface area (Å²) in [6.07, 6.45) is 7.61. The van der Waals surface area contributed by atoms with Gasteiger partial charge in [0.25, 0.3) is 0 Å². The van der Waals surface area contributed by atoms with Crippen LogP contribution in [-0.2, 0) is 4.79 Å². The average molecular weight is 461 g/mol. The number of allylic oxidation sites excluding steroid dienone is 1. The number of hydrogen-bond donors (Lipinski definition) is 0. The maximum atomic E-state index is 12.9. The van der Waals surface area contributed by atoms with Crippen molar-refractivity contribution in [2.24, 2.45) is 4.99 Å². The van der Waals surface area contributed by atoms with Crippen LogP contribution in [0, 0.1) is 0 Å². The van der Waals surface area contributed by atoms with Crippen molar-refractivity contribution in [3.05, 3.63) is 76.5 Å². The van der Waals surface area contributed by atoms with E-state index in [2.05, 4.69) is 30.3 Å². The molecule has 1 saturated heterocycles. The van der Waals surface area contributed by atoms with E-state index >= 15 is 0 Å². The predicted octanol–water partition coefficient (Wildman–Crippen LogP) is 5.99. The van der Waals surface area contributed by atoms with Gasteiger partial charge < -0.3 is 9.47 Å². The van der Waals surface area contributed by atoms with Crippen molar-refractivity contribution in [3.63, 3.8) is 0 Å². The summed E-state index contributed by atoms with van der Waals surface area (Å²) in [4.78, 5) is 19.9. The van der Waals surface area contributed by atoms with Gasteiger partial charge in [0.15, 0.2) is 5.17 Å². The quantitative estimate of drug-likeness (QED) is 0.562. The molecule has 2 heterocycles. The molecule has 2 aromatic rings. The van der Waals surface area contributed by atoms with Crippen LogP contribution in [0.4, 0.5) is 0 Å². The fourth-order valence-electron chi connectivity index (χ4n) is 4.80. The minimum absolute atomic E-state index is 0.113. The molecular formula is C27H28N2O3S. The third-order valence-electron chi connectivity index (χ3n) is 6.48. The van der Waals surface area contributed by atoms with Crippen molar-refractivity contribution < 1.29 is 14.3 Å². The van der Waals surface area contributed by atoms with Crippen molar-refractivity contribution in [3.8, 4) is 11.5 Å². The van der Waals surface area contributed by atoms with Crippen LogP contribution in [0.1, 0.15) is 49.3 Å². The Balaban J connectivity index is 1.63. The van der Waals surface area contributed by atoms with Crippen LogP contribution in [0.5, 0.6) is 11.5 Å². The van der Waals surface area contributed by atoms with Crippen LogP contribution in [0.3, 0.4) is 0 Å². The van der Waals surface area contributed by atoms with Gasteiger partial charge in [0.05, 0.1) is 31.7 Å². The molecule has 1 fully saturated rings. The average Bonchev–Trinajstić information content (AvgIpc) is 3.22. The SMILES string of the molecule is COc1ccc(/C=C2\CCCCCC3=C2N=C2SCC(=O)N2[C@H]3c2ccc(OC)cc2)cc1. The Hall–Kier alpha value is -2.99. The Labute approximate surface area is 199 Å². The van der Waals surface area contributed by atoms with Crippen molar-refractivity contribution in [2.75, 3.05) is 20.0 Å². The van der Waals surface area contributed by atoms with Gasteiger partial charge in [-0.05, 0) is 78.3 Å². The summed E-state index contributed by atoms with van der Waals surface area (Å²) in [5, 5.41) is 0.820. The maximum absolute atomic E-state index is 12.9. The first-order valence-corrected chi connectivity index (χ1v) is 12.4. The summed E-state index contributed by atoms with van der Waals surface area (Å²) in [5.41, 5.74) is 5.81. The first-order chi connectivity index (χ1) is 16.2. The highest BCUT2D eigenvalue weighted by molar-refractivity contribution is 8.15. The highest BCUT2D eigenvalue weighted by Gasteiger charge is 2.41. The Morgan fingerprint density at radius 3 is 2.30 bits per heavy atom. The Morgan fingerprint density at radius 2 is 1.61 bits per heavy atom. The van der Waals surface area contributed by atoms with E-state index in [4.69, 9.17) is 14.5 Å². The molecule has 1 aliphatic carbocycles. The number of rotatable bonds is 4. The lowest BCUT2D eigenvalue weighted by Crippen LogP contribution is -2.38. The van der Waals surface area contributed by atoms with Gasteiger partial charge in [-0.3, -0.25) is 9.69 Å². The topological polar surface area (TPSA) is 51.1 Å². The molecule has 2 aliphatic heterocycles. The normalized spacial score (nSPS) is 21.8. The van der Waals surface area contributed by atoms with E-state index in [9.17, 15) is 4.79 Å². The molecule has 0 unspecified atom stereocenters. The summed E-state index contributed by atoms with van der Waals surface area (Å²) < 4.78 is 10.7. The number of nitrogens with zero attached hydrogens (tertiary/aromatic N) is 2. The smallest absolute Gasteiger partial charge is 0.239 e.